The summed E-state index contributed by atoms with van der Waals surface area (Å²) in [6.45, 7) is 1.63. The quantitative estimate of drug-likeness (QED) is 0.346. The number of aryl methyl sites for hydroxylation is 1. The molecule has 6 nitrogen and oxygen atoms in total. The third-order valence-corrected chi connectivity index (χ3v) is 6.21. The zero-order valence-corrected chi connectivity index (χ0v) is 17.0. The monoisotopic (exact) mass is 465 g/mol. The van der Waals surface area contributed by atoms with Crippen LogP contribution in [0.15, 0.2) is 36.4 Å². The SMILES string of the molecule is Cc1cc(F)cc(-c2cccc(CC3NC(O)(O)CC3NS(=N)(=O)C(F)(F)F)c2F)c1. The van der Waals surface area contributed by atoms with Crippen LogP contribution in [0.5, 0.6) is 0 Å². The van der Waals surface area contributed by atoms with Crippen LogP contribution in [0.1, 0.15) is 17.5 Å². The Balaban J connectivity index is 1.91. The largest absolute Gasteiger partial charge is 0.492 e. The van der Waals surface area contributed by atoms with Gasteiger partial charge in [0.05, 0.1) is 0 Å². The predicted molar refractivity (Wildman–Crippen MR) is 103 cm³/mol. The maximum Gasteiger partial charge on any atom is 0.492 e. The molecule has 3 atom stereocenters. The number of aliphatic hydroxyl groups is 2. The molecule has 2 aromatic carbocycles. The molecule has 3 unspecified atom stereocenters. The first-order valence-corrected chi connectivity index (χ1v) is 10.6. The maximum atomic E-state index is 15.2. The number of hydrogen-bond donors (Lipinski definition) is 5. The summed E-state index contributed by atoms with van der Waals surface area (Å²) in [5, 5.41) is 21.9. The zero-order chi connectivity index (χ0) is 23.2. The van der Waals surface area contributed by atoms with Gasteiger partial charge in [-0.1, -0.05) is 24.3 Å². The average Bonchev–Trinajstić information content (AvgIpc) is 2.87. The minimum atomic E-state index is -5.38. The van der Waals surface area contributed by atoms with Crippen molar-refractivity contribution in [2.24, 2.45) is 0 Å². The molecule has 0 bridgehead atoms. The summed E-state index contributed by atoms with van der Waals surface area (Å²) in [6.07, 6.45) is -1.03. The van der Waals surface area contributed by atoms with Gasteiger partial charge in [0.2, 0.25) is 15.8 Å². The van der Waals surface area contributed by atoms with E-state index < -0.39 is 51.5 Å². The minimum absolute atomic E-state index is 0.00454. The highest BCUT2D eigenvalue weighted by Gasteiger charge is 2.49. The van der Waals surface area contributed by atoms with E-state index in [1.54, 1.807) is 17.7 Å². The normalized spacial score (nSPS) is 23.0. The molecular weight excluding hydrogens is 445 g/mol. The van der Waals surface area contributed by atoms with Gasteiger partial charge in [0.15, 0.2) is 0 Å². The molecule has 1 aliphatic heterocycles. The first-order chi connectivity index (χ1) is 14.2. The Morgan fingerprint density at radius 1 is 1.26 bits per heavy atom. The summed E-state index contributed by atoms with van der Waals surface area (Å²) in [5.74, 6) is -3.93. The van der Waals surface area contributed by atoms with E-state index in [0.29, 0.717) is 5.56 Å². The smallest absolute Gasteiger partial charge is 0.353 e. The fraction of sp³-hybridized carbons (Fsp3) is 0.368. The molecule has 2 aromatic rings. The van der Waals surface area contributed by atoms with Crippen molar-refractivity contribution in [3.05, 3.63) is 59.2 Å². The summed E-state index contributed by atoms with van der Waals surface area (Å²) in [6, 6.07) is 5.55. The Hall–Kier alpha value is -2.12. The average molecular weight is 465 g/mol. The van der Waals surface area contributed by atoms with Gasteiger partial charge in [0.25, 0.3) is 0 Å². The molecule has 0 amide bonds. The lowest BCUT2D eigenvalue weighted by molar-refractivity contribution is -0.174. The van der Waals surface area contributed by atoms with Crippen LogP contribution >= 0.6 is 0 Å². The third-order valence-electron chi connectivity index (χ3n) is 4.92. The lowest BCUT2D eigenvalue weighted by Gasteiger charge is -2.23. The fourth-order valence-corrected chi connectivity index (χ4v) is 4.40. The number of alkyl halides is 3. The van der Waals surface area contributed by atoms with Gasteiger partial charge in [-0.25, -0.2) is 22.5 Å². The predicted octanol–water partition coefficient (Wildman–Crippen LogP) is 2.92. The number of nitrogens with one attached hydrogen (secondary N) is 3. The van der Waals surface area contributed by atoms with Crippen LogP contribution in [0.2, 0.25) is 0 Å². The summed E-state index contributed by atoms with van der Waals surface area (Å²) in [4.78, 5) is 0. The maximum absolute atomic E-state index is 15.2. The molecule has 12 heteroatoms. The Labute approximate surface area is 175 Å². The molecule has 1 aliphatic rings. The lowest BCUT2D eigenvalue weighted by Crippen LogP contribution is -2.49. The standard InChI is InChI=1S/C19H20F5N3O3S/c1-10-5-12(7-13(20)6-10)14-4-2-3-11(17(14)21)8-15-16(9-18(28,29)26-15)27-31(25,30)19(22,23)24/h2-7,15-16,26,28-29H,8-9H2,1H3,(H2,25,27,30). The number of benzene rings is 2. The van der Waals surface area contributed by atoms with Gasteiger partial charge in [-0.05, 0) is 42.2 Å². The van der Waals surface area contributed by atoms with Crippen molar-refractivity contribution in [3.63, 3.8) is 0 Å². The summed E-state index contributed by atoms with van der Waals surface area (Å²) in [7, 11) is -5.27. The van der Waals surface area contributed by atoms with Crippen LogP contribution in [-0.4, -0.2) is 37.9 Å². The van der Waals surface area contributed by atoms with Gasteiger partial charge in [0, 0.05) is 24.1 Å². The Morgan fingerprint density at radius 3 is 2.55 bits per heavy atom. The molecule has 0 aliphatic carbocycles. The van der Waals surface area contributed by atoms with E-state index in [4.69, 9.17) is 4.78 Å². The van der Waals surface area contributed by atoms with Crippen LogP contribution in [0.4, 0.5) is 22.0 Å². The van der Waals surface area contributed by atoms with Crippen LogP contribution in [0, 0.1) is 23.3 Å². The number of hydrogen-bond acceptors (Lipinski definition) is 5. The highest BCUT2D eigenvalue weighted by molar-refractivity contribution is 7.91. The highest BCUT2D eigenvalue weighted by Crippen LogP contribution is 2.31. The van der Waals surface area contributed by atoms with Crippen molar-refractivity contribution in [2.45, 2.75) is 43.3 Å². The molecule has 1 saturated heterocycles. The molecule has 3 rings (SSSR count). The van der Waals surface area contributed by atoms with E-state index >= 15 is 4.39 Å². The van der Waals surface area contributed by atoms with Gasteiger partial charge in [-0.2, -0.15) is 13.2 Å². The second-order valence-electron chi connectivity index (χ2n) is 7.50. The molecule has 170 valence electrons. The van der Waals surface area contributed by atoms with Crippen LogP contribution in [0.3, 0.4) is 0 Å². The van der Waals surface area contributed by atoms with E-state index in [1.807, 2.05) is 0 Å². The van der Waals surface area contributed by atoms with E-state index in [-0.39, 0.29) is 23.1 Å². The van der Waals surface area contributed by atoms with Gasteiger partial charge in [-0.15, -0.1) is 0 Å². The zero-order valence-electron chi connectivity index (χ0n) is 16.1. The molecule has 0 spiro atoms. The van der Waals surface area contributed by atoms with E-state index in [0.717, 1.165) is 6.07 Å². The van der Waals surface area contributed by atoms with Crippen molar-refractivity contribution >= 4 is 9.92 Å². The Bertz CT molecular complexity index is 1070. The van der Waals surface area contributed by atoms with E-state index in [1.165, 1.54) is 24.3 Å². The number of rotatable bonds is 5. The van der Waals surface area contributed by atoms with Gasteiger partial charge >= 0.3 is 5.51 Å². The van der Waals surface area contributed by atoms with Gasteiger partial charge < -0.3 is 10.2 Å². The summed E-state index contributed by atoms with van der Waals surface area (Å²) < 4.78 is 87.8. The van der Waals surface area contributed by atoms with Crippen molar-refractivity contribution in [2.75, 3.05) is 0 Å². The Morgan fingerprint density at radius 2 is 1.94 bits per heavy atom. The van der Waals surface area contributed by atoms with Crippen LogP contribution in [-0.2, 0) is 16.3 Å². The molecule has 1 fully saturated rings. The molecule has 5 N–H and O–H groups in total. The first kappa shape index (κ1) is 23.5. The van der Waals surface area contributed by atoms with Crippen molar-refractivity contribution in [1.82, 2.24) is 10.0 Å². The van der Waals surface area contributed by atoms with Crippen molar-refractivity contribution in [1.29, 1.82) is 4.78 Å². The van der Waals surface area contributed by atoms with E-state index in [9.17, 15) is 32.0 Å². The van der Waals surface area contributed by atoms with Crippen molar-refractivity contribution in [3.8, 4) is 11.1 Å². The number of halogens is 5. The van der Waals surface area contributed by atoms with Crippen LogP contribution in [0.25, 0.3) is 11.1 Å². The van der Waals surface area contributed by atoms with Crippen LogP contribution < -0.4 is 10.0 Å². The second kappa shape index (κ2) is 8.10. The molecule has 0 saturated carbocycles. The Kier molecular flexibility index (Phi) is 6.15. The molecular formula is C19H20F5N3O3S. The lowest BCUT2D eigenvalue weighted by atomic mass is 9.96. The molecule has 0 radical (unpaired) electrons. The summed E-state index contributed by atoms with van der Waals surface area (Å²) >= 11 is 0. The first-order valence-electron chi connectivity index (χ1n) is 9.08. The fourth-order valence-electron chi connectivity index (χ4n) is 3.59. The van der Waals surface area contributed by atoms with Gasteiger partial charge in [-0.3, -0.25) is 5.32 Å². The second-order valence-corrected chi connectivity index (χ2v) is 9.31. The molecule has 0 aromatic heterocycles. The summed E-state index contributed by atoms with van der Waals surface area (Å²) in [5.41, 5.74) is -4.50. The molecule has 31 heavy (non-hydrogen) atoms. The third kappa shape index (κ3) is 5.21. The van der Waals surface area contributed by atoms with Gasteiger partial charge in [0.1, 0.15) is 11.6 Å². The molecule has 1 heterocycles. The highest BCUT2D eigenvalue weighted by atomic mass is 32.2. The van der Waals surface area contributed by atoms with E-state index in [2.05, 4.69) is 5.32 Å². The topological polar surface area (TPSA) is 105 Å². The minimum Gasteiger partial charge on any atom is -0.353 e. The van der Waals surface area contributed by atoms with Crippen molar-refractivity contribution < 1.29 is 36.4 Å².